The summed E-state index contributed by atoms with van der Waals surface area (Å²) in [6.45, 7) is 1.83. The number of halogens is 1. The molecule has 0 aromatic heterocycles. The molecule has 2 aromatic carbocycles. The number of amides is 2. The van der Waals surface area contributed by atoms with Crippen LogP contribution in [0.3, 0.4) is 0 Å². The molecule has 5 heteroatoms. The summed E-state index contributed by atoms with van der Waals surface area (Å²) in [5.41, 5.74) is 3.29. The molecule has 2 aromatic rings. The summed E-state index contributed by atoms with van der Waals surface area (Å²) < 4.78 is 12.8. The van der Waals surface area contributed by atoms with Crippen LogP contribution in [0.5, 0.6) is 0 Å². The van der Waals surface area contributed by atoms with Gasteiger partial charge in [0.2, 0.25) is 11.8 Å². The van der Waals surface area contributed by atoms with Crippen molar-refractivity contribution >= 4 is 23.2 Å². The maximum absolute atomic E-state index is 12.8. The number of aryl methyl sites for hydroxylation is 1. The highest BCUT2D eigenvalue weighted by Crippen LogP contribution is 2.34. The lowest BCUT2D eigenvalue weighted by Gasteiger charge is -2.08. The van der Waals surface area contributed by atoms with Crippen molar-refractivity contribution in [2.75, 3.05) is 10.6 Å². The fourth-order valence-corrected chi connectivity index (χ4v) is 2.63. The molecule has 23 heavy (non-hydrogen) atoms. The second kappa shape index (κ2) is 6.20. The Balaban J connectivity index is 1.60. The van der Waals surface area contributed by atoms with E-state index in [0.717, 1.165) is 16.8 Å². The first kappa shape index (κ1) is 15.2. The van der Waals surface area contributed by atoms with Gasteiger partial charge in [0.25, 0.3) is 0 Å². The molecule has 4 nitrogen and oxygen atoms in total. The minimum Gasteiger partial charge on any atom is -0.326 e. The van der Waals surface area contributed by atoms with Crippen LogP contribution in [0.2, 0.25) is 0 Å². The van der Waals surface area contributed by atoms with Gasteiger partial charge >= 0.3 is 0 Å². The van der Waals surface area contributed by atoms with Crippen LogP contribution in [0.1, 0.15) is 30.4 Å². The van der Waals surface area contributed by atoms with E-state index >= 15 is 0 Å². The predicted molar refractivity (Wildman–Crippen MR) is 86.8 cm³/mol. The van der Waals surface area contributed by atoms with E-state index in [2.05, 4.69) is 10.6 Å². The van der Waals surface area contributed by atoms with Crippen LogP contribution in [0.25, 0.3) is 0 Å². The maximum Gasteiger partial charge on any atom is 0.231 e. The van der Waals surface area contributed by atoms with E-state index in [-0.39, 0.29) is 23.5 Å². The SMILES string of the molecule is CC1C(=O)Nc2ccc(NC(=O)CCc3ccc(F)cc3)cc21. The zero-order valence-electron chi connectivity index (χ0n) is 12.7. The third-order valence-electron chi connectivity index (χ3n) is 4.01. The van der Waals surface area contributed by atoms with Gasteiger partial charge in [0.15, 0.2) is 0 Å². The first-order valence-corrected chi connectivity index (χ1v) is 7.52. The number of carbonyl (C=O) groups excluding carboxylic acids is 2. The minimum atomic E-state index is -0.284. The molecule has 0 saturated heterocycles. The molecule has 3 rings (SSSR count). The van der Waals surface area contributed by atoms with Gasteiger partial charge in [-0.15, -0.1) is 0 Å². The Kier molecular flexibility index (Phi) is 4.10. The average Bonchev–Trinajstić information content (AvgIpc) is 2.82. The Morgan fingerprint density at radius 1 is 1.22 bits per heavy atom. The van der Waals surface area contributed by atoms with E-state index in [0.29, 0.717) is 18.5 Å². The highest BCUT2D eigenvalue weighted by molar-refractivity contribution is 6.03. The average molecular weight is 312 g/mol. The molecule has 0 aliphatic carbocycles. The van der Waals surface area contributed by atoms with Gasteiger partial charge in [0, 0.05) is 17.8 Å². The van der Waals surface area contributed by atoms with Crippen LogP contribution in [0.4, 0.5) is 15.8 Å². The maximum atomic E-state index is 12.8. The molecule has 1 aliphatic heterocycles. The molecule has 1 heterocycles. The van der Waals surface area contributed by atoms with Crippen LogP contribution < -0.4 is 10.6 Å². The van der Waals surface area contributed by atoms with Gasteiger partial charge in [-0.3, -0.25) is 9.59 Å². The van der Waals surface area contributed by atoms with Gasteiger partial charge in [0.1, 0.15) is 5.82 Å². The zero-order valence-corrected chi connectivity index (χ0v) is 12.7. The Labute approximate surface area is 133 Å². The number of rotatable bonds is 4. The summed E-state index contributed by atoms with van der Waals surface area (Å²) in [5, 5.41) is 5.63. The topological polar surface area (TPSA) is 58.2 Å². The summed E-state index contributed by atoms with van der Waals surface area (Å²) >= 11 is 0. The van der Waals surface area contributed by atoms with Gasteiger partial charge in [-0.1, -0.05) is 12.1 Å². The summed E-state index contributed by atoms with van der Waals surface area (Å²) in [6.07, 6.45) is 0.864. The lowest BCUT2D eigenvalue weighted by molar-refractivity contribution is -0.117. The number of hydrogen-bond donors (Lipinski definition) is 2. The van der Waals surface area contributed by atoms with E-state index in [4.69, 9.17) is 0 Å². The molecule has 0 fully saturated rings. The van der Waals surface area contributed by atoms with Crippen molar-refractivity contribution in [3.63, 3.8) is 0 Å². The molecule has 0 spiro atoms. The Bertz CT molecular complexity index is 756. The second-order valence-electron chi connectivity index (χ2n) is 5.69. The van der Waals surface area contributed by atoms with Crippen LogP contribution in [-0.2, 0) is 16.0 Å². The molecular weight excluding hydrogens is 295 g/mol. The smallest absolute Gasteiger partial charge is 0.231 e. The number of benzene rings is 2. The normalized spacial score (nSPS) is 15.9. The van der Waals surface area contributed by atoms with Gasteiger partial charge in [0.05, 0.1) is 5.92 Å². The first-order valence-electron chi connectivity index (χ1n) is 7.52. The first-order chi connectivity index (χ1) is 11.0. The third-order valence-corrected chi connectivity index (χ3v) is 4.01. The highest BCUT2D eigenvalue weighted by atomic mass is 19.1. The minimum absolute atomic E-state index is 0.0280. The predicted octanol–water partition coefficient (Wildman–Crippen LogP) is 3.45. The monoisotopic (exact) mass is 312 g/mol. The quantitative estimate of drug-likeness (QED) is 0.908. The van der Waals surface area contributed by atoms with Crippen LogP contribution in [0.15, 0.2) is 42.5 Å². The van der Waals surface area contributed by atoms with Crippen molar-refractivity contribution in [2.24, 2.45) is 0 Å². The second-order valence-corrected chi connectivity index (χ2v) is 5.69. The molecule has 1 aliphatic rings. The fraction of sp³-hybridized carbons (Fsp3) is 0.222. The largest absolute Gasteiger partial charge is 0.326 e. The van der Waals surface area contributed by atoms with Crippen LogP contribution in [-0.4, -0.2) is 11.8 Å². The van der Waals surface area contributed by atoms with E-state index in [9.17, 15) is 14.0 Å². The zero-order chi connectivity index (χ0) is 16.4. The van der Waals surface area contributed by atoms with Crippen molar-refractivity contribution < 1.29 is 14.0 Å². The van der Waals surface area contributed by atoms with Crippen molar-refractivity contribution in [1.82, 2.24) is 0 Å². The number of fused-ring (bicyclic) bond motifs is 1. The molecule has 2 N–H and O–H groups in total. The number of carbonyl (C=O) groups is 2. The number of hydrogen-bond acceptors (Lipinski definition) is 2. The van der Waals surface area contributed by atoms with E-state index in [1.54, 1.807) is 24.3 Å². The van der Waals surface area contributed by atoms with Gasteiger partial charge in [-0.05, 0) is 54.8 Å². The van der Waals surface area contributed by atoms with Gasteiger partial charge in [-0.2, -0.15) is 0 Å². The van der Waals surface area contributed by atoms with Crippen LogP contribution >= 0.6 is 0 Å². The molecule has 0 radical (unpaired) electrons. The molecule has 1 unspecified atom stereocenters. The fourth-order valence-electron chi connectivity index (χ4n) is 2.63. The van der Waals surface area contributed by atoms with Gasteiger partial charge < -0.3 is 10.6 Å². The molecule has 0 bridgehead atoms. The summed E-state index contributed by atoms with van der Waals surface area (Å²) in [6, 6.07) is 11.5. The van der Waals surface area contributed by atoms with Crippen LogP contribution in [0, 0.1) is 5.82 Å². The highest BCUT2D eigenvalue weighted by Gasteiger charge is 2.26. The van der Waals surface area contributed by atoms with E-state index in [1.807, 2.05) is 13.0 Å². The van der Waals surface area contributed by atoms with E-state index < -0.39 is 0 Å². The number of nitrogens with one attached hydrogen (secondary N) is 2. The molecular formula is C18H17FN2O2. The van der Waals surface area contributed by atoms with Crippen molar-refractivity contribution in [3.05, 3.63) is 59.4 Å². The summed E-state index contributed by atoms with van der Waals surface area (Å²) in [4.78, 5) is 23.7. The van der Waals surface area contributed by atoms with Crippen molar-refractivity contribution in [3.8, 4) is 0 Å². The van der Waals surface area contributed by atoms with Crippen molar-refractivity contribution in [1.29, 1.82) is 0 Å². The lowest BCUT2D eigenvalue weighted by Crippen LogP contribution is -2.12. The van der Waals surface area contributed by atoms with E-state index in [1.165, 1.54) is 12.1 Å². The summed E-state index contributed by atoms with van der Waals surface area (Å²) in [7, 11) is 0. The molecule has 2 amide bonds. The summed E-state index contributed by atoms with van der Waals surface area (Å²) in [5.74, 6) is -0.631. The molecule has 118 valence electrons. The Morgan fingerprint density at radius 3 is 2.70 bits per heavy atom. The standard InChI is InChI=1S/C18H17FN2O2/c1-11-15-10-14(7-8-16(15)21-18(11)23)20-17(22)9-4-12-2-5-13(19)6-3-12/h2-3,5-8,10-11H,4,9H2,1H3,(H,20,22)(H,21,23). The molecule has 0 saturated carbocycles. The van der Waals surface area contributed by atoms with Crippen molar-refractivity contribution in [2.45, 2.75) is 25.7 Å². The number of anilines is 2. The lowest BCUT2D eigenvalue weighted by atomic mass is 10.0. The Morgan fingerprint density at radius 2 is 1.96 bits per heavy atom. The van der Waals surface area contributed by atoms with Gasteiger partial charge in [-0.25, -0.2) is 4.39 Å². The third kappa shape index (κ3) is 3.39. The molecule has 1 atom stereocenters. The Hall–Kier alpha value is -2.69.